The number of oxazole rings is 1. The highest BCUT2D eigenvalue weighted by Crippen LogP contribution is 2.25. The van der Waals surface area contributed by atoms with E-state index in [1.807, 2.05) is 18.2 Å². The number of halogens is 1. The van der Waals surface area contributed by atoms with Crippen LogP contribution in [0, 0.1) is 5.82 Å². The van der Waals surface area contributed by atoms with E-state index >= 15 is 0 Å². The van der Waals surface area contributed by atoms with Gasteiger partial charge in [0.15, 0.2) is 11.7 Å². The van der Waals surface area contributed by atoms with E-state index in [1.54, 1.807) is 18.2 Å². The predicted octanol–water partition coefficient (Wildman–Crippen LogP) is 5.18. The standard InChI is InChI=1S/C22H23FN2O2/c1-3-15-8-7-9-16(4-2)22(15)25-20(26)12-13-21-24-14-19(27-21)17-10-5-6-11-18(17)23/h5-11,14H,3-4,12-13H2,1-2H3,(H,25,26). The minimum atomic E-state index is -0.360. The van der Waals surface area contributed by atoms with E-state index in [9.17, 15) is 9.18 Å². The molecule has 0 aliphatic heterocycles. The monoisotopic (exact) mass is 366 g/mol. The Balaban J connectivity index is 1.65. The molecule has 3 aromatic rings. The summed E-state index contributed by atoms with van der Waals surface area (Å²) in [5, 5.41) is 3.03. The Morgan fingerprint density at radius 1 is 1.07 bits per heavy atom. The molecule has 3 rings (SSSR count). The van der Waals surface area contributed by atoms with Gasteiger partial charge in [0.05, 0.1) is 11.8 Å². The first-order valence-electron chi connectivity index (χ1n) is 9.22. The summed E-state index contributed by atoms with van der Waals surface area (Å²) >= 11 is 0. The third-order valence-electron chi connectivity index (χ3n) is 4.52. The first-order chi connectivity index (χ1) is 13.1. The number of hydrogen-bond acceptors (Lipinski definition) is 3. The van der Waals surface area contributed by atoms with Gasteiger partial charge >= 0.3 is 0 Å². The molecule has 1 aromatic heterocycles. The van der Waals surface area contributed by atoms with Crippen molar-refractivity contribution >= 4 is 11.6 Å². The van der Waals surface area contributed by atoms with Gasteiger partial charge in [-0.2, -0.15) is 0 Å². The molecule has 0 saturated heterocycles. The molecule has 1 amide bonds. The fraction of sp³-hybridized carbons (Fsp3) is 0.273. The van der Waals surface area contributed by atoms with Gasteiger partial charge in [0, 0.05) is 18.5 Å². The van der Waals surface area contributed by atoms with Gasteiger partial charge in [-0.1, -0.05) is 44.2 Å². The van der Waals surface area contributed by atoms with Crippen molar-refractivity contribution in [2.24, 2.45) is 0 Å². The molecule has 0 saturated carbocycles. The van der Waals surface area contributed by atoms with Crippen molar-refractivity contribution in [3.8, 4) is 11.3 Å². The Labute approximate surface area is 158 Å². The Bertz CT molecular complexity index is 911. The lowest BCUT2D eigenvalue weighted by Crippen LogP contribution is -2.15. The Morgan fingerprint density at radius 2 is 1.78 bits per heavy atom. The van der Waals surface area contributed by atoms with Crippen LogP contribution in [0.2, 0.25) is 0 Å². The lowest BCUT2D eigenvalue weighted by Gasteiger charge is -2.14. The van der Waals surface area contributed by atoms with Crippen molar-refractivity contribution in [1.82, 2.24) is 4.98 Å². The van der Waals surface area contributed by atoms with Crippen LogP contribution in [0.25, 0.3) is 11.3 Å². The number of nitrogens with one attached hydrogen (secondary N) is 1. The number of para-hydroxylation sites is 1. The second kappa shape index (κ2) is 8.62. The molecule has 0 spiro atoms. The fourth-order valence-electron chi connectivity index (χ4n) is 3.04. The van der Waals surface area contributed by atoms with Gasteiger partial charge in [0.25, 0.3) is 0 Å². The SMILES string of the molecule is CCc1cccc(CC)c1NC(=O)CCc1ncc(-c2ccccc2F)o1. The van der Waals surface area contributed by atoms with Gasteiger partial charge in [-0.25, -0.2) is 9.37 Å². The first kappa shape index (κ1) is 18.8. The van der Waals surface area contributed by atoms with Crippen LogP contribution in [-0.2, 0) is 24.1 Å². The van der Waals surface area contributed by atoms with Gasteiger partial charge in [0.2, 0.25) is 5.91 Å². The number of aryl methyl sites for hydroxylation is 3. The molecular formula is C22H23FN2O2. The third kappa shape index (κ3) is 4.42. The molecule has 1 N–H and O–H groups in total. The quantitative estimate of drug-likeness (QED) is 0.627. The Morgan fingerprint density at radius 3 is 2.44 bits per heavy atom. The van der Waals surface area contributed by atoms with Crippen LogP contribution in [0.3, 0.4) is 0 Å². The lowest BCUT2D eigenvalue weighted by atomic mass is 10.0. The summed E-state index contributed by atoms with van der Waals surface area (Å²) in [4.78, 5) is 16.6. The number of nitrogens with zero attached hydrogens (tertiary/aromatic N) is 1. The Hall–Kier alpha value is -2.95. The van der Waals surface area contributed by atoms with Crippen LogP contribution in [0.1, 0.15) is 37.3 Å². The summed E-state index contributed by atoms with van der Waals surface area (Å²) in [5.74, 6) is 0.341. The molecule has 0 bridgehead atoms. The maximum atomic E-state index is 13.8. The van der Waals surface area contributed by atoms with Gasteiger partial charge in [-0.3, -0.25) is 4.79 Å². The van der Waals surface area contributed by atoms with Crippen LogP contribution < -0.4 is 5.32 Å². The molecule has 0 atom stereocenters. The number of carbonyl (C=O) groups is 1. The molecule has 2 aromatic carbocycles. The number of benzene rings is 2. The van der Waals surface area contributed by atoms with E-state index in [1.165, 1.54) is 12.3 Å². The van der Waals surface area contributed by atoms with Gasteiger partial charge in [-0.15, -0.1) is 0 Å². The van der Waals surface area contributed by atoms with Crippen LogP contribution in [0.4, 0.5) is 10.1 Å². The number of aromatic nitrogens is 1. The van der Waals surface area contributed by atoms with Crippen LogP contribution in [-0.4, -0.2) is 10.9 Å². The van der Waals surface area contributed by atoms with Crippen LogP contribution in [0.15, 0.2) is 53.1 Å². The molecule has 0 unspecified atom stereocenters. The average Bonchev–Trinajstić information content (AvgIpc) is 3.15. The summed E-state index contributed by atoms with van der Waals surface area (Å²) in [7, 11) is 0. The number of carbonyl (C=O) groups excluding carboxylic acids is 1. The number of amides is 1. The van der Waals surface area contributed by atoms with Crippen molar-refractivity contribution in [3.05, 3.63) is 71.5 Å². The van der Waals surface area contributed by atoms with Crippen molar-refractivity contribution in [2.75, 3.05) is 5.32 Å². The topological polar surface area (TPSA) is 55.1 Å². The second-order valence-electron chi connectivity index (χ2n) is 6.30. The van der Waals surface area contributed by atoms with Crippen molar-refractivity contribution in [2.45, 2.75) is 39.5 Å². The third-order valence-corrected chi connectivity index (χ3v) is 4.52. The van der Waals surface area contributed by atoms with E-state index in [-0.39, 0.29) is 18.1 Å². The van der Waals surface area contributed by atoms with Crippen LogP contribution in [0.5, 0.6) is 0 Å². The van der Waals surface area contributed by atoms with E-state index in [0.29, 0.717) is 23.6 Å². The maximum Gasteiger partial charge on any atom is 0.224 e. The van der Waals surface area contributed by atoms with E-state index in [4.69, 9.17) is 4.42 Å². The normalized spacial score (nSPS) is 10.8. The van der Waals surface area contributed by atoms with Gasteiger partial charge in [-0.05, 0) is 36.1 Å². The van der Waals surface area contributed by atoms with Crippen molar-refractivity contribution in [3.63, 3.8) is 0 Å². The fourth-order valence-corrected chi connectivity index (χ4v) is 3.04. The second-order valence-corrected chi connectivity index (χ2v) is 6.30. The summed E-state index contributed by atoms with van der Waals surface area (Å²) in [5.41, 5.74) is 3.53. The van der Waals surface area contributed by atoms with E-state index in [0.717, 1.165) is 29.7 Å². The van der Waals surface area contributed by atoms with Gasteiger partial charge in [0.1, 0.15) is 5.82 Å². The predicted molar refractivity (Wildman–Crippen MR) is 104 cm³/mol. The zero-order chi connectivity index (χ0) is 19.2. The number of anilines is 1. The van der Waals surface area contributed by atoms with Gasteiger partial charge < -0.3 is 9.73 Å². The molecule has 4 nitrogen and oxygen atoms in total. The van der Waals surface area contributed by atoms with E-state index < -0.39 is 0 Å². The zero-order valence-electron chi connectivity index (χ0n) is 15.6. The minimum absolute atomic E-state index is 0.0868. The Kier molecular flexibility index (Phi) is 6.01. The zero-order valence-corrected chi connectivity index (χ0v) is 15.6. The van der Waals surface area contributed by atoms with Crippen LogP contribution >= 0.6 is 0 Å². The highest BCUT2D eigenvalue weighted by Gasteiger charge is 2.13. The van der Waals surface area contributed by atoms with Crippen molar-refractivity contribution in [1.29, 1.82) is 0 Å². The maximum absolute atomic E-state index is 13.8. The smallest absolute Gasteiger partial charge is 0.224 e. The molecule has 140 valence electrons. The molecule has 0 aliphatic carbocycles. The summed E-state index contributed by atoms with van der Waals surface area (Å²) < 4.78 is 19.4. The lowest BCUT2D eigenvalue weighted by molar-refractivity contribution is -0.116. The summed E-state index contributed by atoms with van der Waals surface area (Å²) in [6, 6.07) is 12.5. The highest BCUT2D eigenvalue weighted by molar-refractivity contribution is 5.92. The largest absolute Gasteiger partial charge is 0.441 e. The number of hydrogen-bond donors (Lipinski definition) is 1. The summed E-state index contributed by atoms with van der Waals surface area (Å²) in [6.07, 6.45) is 3.81. The molecule has 0 aliphatic rings. The average molecular weight is 366 g/mol. The van der Waals surface area contributed by atoms with E-state index in [2.05, 4.69) is 24.1 Å². The number of rotatable bonds is 7. The molecular weight excluding hydrogens is 343 g/mol. The summed E-state index contributed by atoms with van der Waals surface area (Å²) in [6.45, 7) is 4.14. The molecule has 5 heteroatoms. The highest BCUT2D eigenvalue weighted by atomic mass is 19.1. The molecule has 0 fully saturated rings. The molecule has 27 heavy (non-hydrogen) atoms. The minimum Gasteiger partial charge on any atom is -0.441 e. The molecule has 1 heterocycles. The molecule has 0 radical (unpaired) electrons. The first-order valence-corrected chi connectivity index (χ1v) is 9.22. The van der Waals surface area contributed by atoms with Crippen molar-refractivity contribution < 1.29 is 13.6 Å².